The van der Waals surface area contributed by atoms with Crippen LogP contribution in [0.25, 0.3) is 0 Å². The van der Waals surface area contributed by atoms with E-state index >= 15 is 0 Å². The maximum atomic E-state index is 11.1. The Morgan fingerprint density at radius 3 is 2.35 bits per heavy atom. The Balaban J connectivity index is 2.05. The van der Waals surface area contributed by atoms with Crippen LogP contribution >= 0.6 is 11.6 Å². The van der Waals surface area contributed by atoms with E-state index < -0.39 is 11.8 Å². The average Bonchev–Trinajstić information content (AvgIpc) is 2.41. The summed E-state index contributed by atoms with van der Waals surface area (Å²) in [5, 5.41) is 2.93. The van der Waals surface area contributed by atoms with Crippen molar-refractivity contribution >= 4 is 29.1 Å². The Morgan fingerprint density at radius 2 is 1.75 bits per heavy atom. The van der Waals surface area contributed by atoms with Gasteiger partial charge in [-0.2, -0.15) is 0 Å². The van der Waals surface area contributed by atoms with Gasteiger partial charge in [0.2, 0.25) is 0 Å². The van der Waals surface area contributed by atoms with Crippen molar-refractivity contribution in [2.24, 2.45) is 5.73 Å². The summed E-state index contributed by atoms with van der Waals surface area (Å²) in [4.78, 5) is 21.7. The molecule has 102 valence electrons. The van der Waals surface area contributed by atoms with Gasteiger partial charge in [-0.15, -0.1) is 0 Å². The van der Waals surface area contributed by atoms with Crippen LogP contribution < -0.4 is 15.8 Å². The average molecular weight is 291 g/mol. The van der Waals surface area contributed by atoms with Crippen molar-refractivity contribution in [1.82, 2.24) is 0 Å². The van der Waals surface area contributed by atoms with E-state index in [2.05, 4.69) is 5.32 Å². The molecule has 0 atom stereocenters. The lowest BCUT2D eigenvalue weighted by molar-refractivity contribution is -0.134. The molecule has 0 fully saturated rings. The van der Waals surface area contributed by atoms with Crippen molar-refractivity contribution in [3.05, 3.63) is 53.6 Å². The number of benzene rings is 2. The summed E-state index contributed by atoms with van der Waals surface area (Å²) in [6.45, 7) is 0. The minimum Gasteiger partial charge on any atom is -0.457 e. The topological polar surface area (TPSA) is 81.4 Å². The van der Waals surface area contributed by atoms with E-state index in [0.29, 0.717) is 22.2 Å². The van der Waals surface area contributed by atoms with Gasteiger partial charge >= 0.3 is 11.8 Å². The second-order valence-electron chi connectivity index (χ2n) is 3.90. The predicted octanol–water partition coefficient (Wildman–Crippen LogP) is 2.56. The molecule has 20 heavy (non-hydrogen) atoms. The van der Waals surface area contributed by atoms with Crippen molar-refractivity contribution < 1.29 is 14.3 Å². The highest BCUT2D eigenvalue weighted by Gasteiger charge is 2.08. The lowest BCUT2D eigenvalue weighted by atomic mass is 10.3. The molecule has 6 heteroatoms. The standard InChI is InChI=1S/C14H11ClN2O3/c15-9-2-1-3-12(8-9)20-11-6-4-10(5-7-11)17-14(19)13(16)18/h1-8H,(H2,16,18)(H,17,19). The minimum absolute atomic E-state index is 0.451. The second-order valence-corrected chi connectivity index (χ2v) is 4.34. The highest BCUT2D eigenvalue weighted by atomic mass is 35.5. The summed E-state index contributed by atoms with van der Waals surface area (Å²) < 4.78 is 5.58. The van der Waals surface area contributed by atoms with E-state index in [1.165, 1.54) is 0 Å². The van der Waals surface area contributed by atoms with Crippen molar-refractivity contribution in [3.8, 4) is 11.5 Å². The predicted molar refractivity (Wildman–Crippen MR) is 75.8 cm³/mol. The molecule has 2 rings (SSSR count). The smallest absolute Gasteiger partial charge is 0.313 e. The molecule has 2 aromatic rings. The number of hydrogen-bond acceptors (Lipinski definition) is 3. The number of hydrogen-bond donors (Lipinski definition) is 2. The van der Waals surface area contributed by atoms with Crippen LogP contribution in [0.15, 0.2) is 48.5 Å². The zero-order chi connectivity index (χ0) is 14.5. The number of rotatable bonds is 3. The van der Waals surface area contributed by atoms with Crippen molar-refractivity contribution in [2.75, 3.05) is 5.32 Å². The van der Waals surface area contributed by atoms with Gasteiger partial charge < -0.3 is 15.8 Å². The third-order valence-corrected chi connectivity index (χ3v) is 2.60. The van der Waals surface area contributed by atoms with E-state index in [1.807, 2.05) is 0 Å². The third-order valence-electron chi connectivity index (χ3n) is 2.37. The Hall–Kier alpha value is -2.53. The molecule has 0 saturated carbocycles. The number of primary amides is 1. The Kier molecular flexibility index (Phi) is 4.22. The van der Waals surface area contributed by atoms with Crippen LogP contribution in [0.1, 0.15) is 0 Å². The zero-order valence-corrected chi connectivity index (χ0v) is 11.1. The summed E-state index contributed by atoms with van der Waals surface area (Å²) in [7, 11) is 0. The van der Waals surface area contributed by atoms with Crippen molar-refractivity contribution in [3.63, 3.8) is 0 Å². The zero-order valence-electron chi connectivity index (χ0n) is 10.3. The van der Waals surface area contributed by atoms with Crippen LogP contribution in [-0.2, 0) is 9.59 Å². The molecule has 0 spiro atoms. The van der Waals surface area contributed by atoms with Crippen LogP contribution in [0, 0.1) is 0 Å². The monoisotopic (exact) mass is 290 g/mol. The van der Waals surface area contributed by atoms with Gasteiger partial charge in [0, 0.05) is 10.7 Å². The molecule has 0 saturated heterocycles. The first-order valence-corrected chi connectivity index (χ1v) is 6.06. The van der Waals surface area contributed by atoms with Gasteiger partial charge in [0.1, 0.15) is 11.5 Å². The van der Waals surface area contributed by atoms with Crippen LogP contribution in [0.4, 0.5) is 5.69 Å². The van der Waals surface area contributed by atoms with Crippen LogP contribution in [0.3, 0.4) is 0 Å². The summed E-state index contributed by atoms with van der Waals surface area (Å²) >= 11 is 5.85. The minimum atomic E-state index is -1.04. The highest BCUT2D eigenvalue weighted by molar-refractivity contribution is 6.39. The first-order valence-electron chi connectivity index (χ1n) is 5.69. The first kappa shape index (κ1) is 13.9. The lowest BCUT2D eigenvalue weighted by Gasteiger charge is -2.07. The molecule has 0 aliphatic rings. The van der Waals surface area contributed by atoms with Crippen LogP contribution in [0.2, 0.25) is 5.02 Å². The van der Waals surface area contributed by atoms with E-state index in [0.717, 1.165) is 0 Å². The van der Waals surface area contributed by atoms with E-state index in [9.17, 15) is 9.59 Å². The maximum absolute atomic E-state index is 11.1. The summed E-state index contributed by atoms with van der Waals surface area (Å²) in [5.41, 5.74) is 5.29. The Morgan fingerprint density at radius 1 is 1.05 bits per heavy atom. The van der Waals surface area contributed by atoms with Gasteiger partial charge in [0.05, 0.1) is 0 Å². The summed E-state index contributed by atoms with van der Waals surface area (Å²) in [6.07, 6.45) is 0. The molecular formula is C14H11ClN2O3. The van der Waals surface area contributed by atoms with Gasteiger partial charge in [-0.1, -0.05) is 17.7 Å². The number of ether oxygens (including phenoxy) is 1. The molecule has 0 aliphatic heterocycles. The van der Waals surface area contributed by atoms with E-state index in [1.54, 1.807) is 48.5 Å². The number of nitrogens with two attached hydrogens (primary N) is 1. The fraction of sp³-hybridized carbons (Fsp3) is 0. The molecule has 2 aromatic carbocycles. The maximum Gasteiger partial charge on any atom is 0.313 e. The van der Waals surface area contributed by atoms with E-state index in [-0.39, 0.29) is 0 Å². The van der Waals surface area contributed by atoms with Crippen LogP contribution in [-0.4, -0.2) is 11.8 Å². The highest BCUT2D eigenvalue weighted by Crippen LogP contribution is 2.25. The molecule has 0 unspecified atom stereocenters. The van der Waals surface area contributed by atoms with Gasteiger partial charge in [0.15, 0.2) is 0 Å². The largest absolute Gasteiger partial charge is 0.457 e. The normalized spacial score (nSPS) is 9.85. The molecule has 0 aromatic heterocycles. The second kappa shape index (κ2) is 6.08. The quantitative estimate of drug-likeness (QED) is 0.852. The first-order chi connectivity index (χ1) is 9.54. The number of amides is 2. The SMILES string of the molecule is NC(=O)C(=O)Nc1ccc(Oc2cccc(Cl)c2)cc1. The van der Waals surface area contributed by atoms with Gasteiger partial charge in [0.25, 0.3) is 0 Å². The molecule has 2 amide bonds. The number of nitrogens with one attached hydrogen (secondary N) is 1. The number of halogens is 1. The van der Waals surface area contributed by atoms with E-state index in [4.69, 9.17) is 22.1 Å². The van der Waals surface area contributed by atoms with Gasteiger partial charge in [-0.05, 0) is 42.5 Å². The van der Waals surface area contributed by atoms with Crippen molar-refractivity contribution in [1.29, 1.82) is 0 Å². The fourth-order valence-electron chi connectivity index (χ4n) is 1.47. The third kappa shape index (κ3) is 3.73. The lowest BCUT2D eigenvalue weighted by Crippen LogP contribution is -2.29. The summed E-state index contributed by atoms with van der Waals surface area (Å²) in [6, 6.07) is 13.5. The number of carbonyl (C=O) groups excluding carboxylic acids is 2. The van der Waals surface area contributed by atoms with Gasteiger partial charge in [-0.25, -0.2) is 0 Å². The number of carbonyl (C=O) groups is 2. The molecule has 3 N–H and O–H groups in total. The number of anilines is 1. The Labute approximate surface area is 120 Å². The Bertz CT molecular complexity index is 641. The fourth-order valence-corrected chi connectivity index (χ4v) is 1.65. The van der Waals surface area contributed by atoms with Gasteiger partial charge in [-0.3, -0.25) is 9.59 Å². The van der Waals surface area contributed by atoms with Crippen molar-refractivity contribution in [2.45, 2.75) is 0 Å². The molecular weight excluding hydrogens is 280 g/mol. The molecule has 0 radical (unpaired) electrons. The molecule has 0 heterocycles. The molecule has 0 bridgehead atoms. The molecule has 5 nitrogen and oxygen atoms in total. The van der Waals surface area contributed by atoms with Crippen LogP contribution in [0.5, 0.6) is 11.5 Å². The molecule has 0 aliphatic carbocycles. The summed E-state index contributed by atoms with van der Waals surface area (Å²) in [5.74, 6) is -0.728.